The molecule has 0 bridgehead atoms. The summed E-state index contributed by atoms with van der Waals surface area (Å²) < 4.78 is 12.4. The van der Waals surface area contributed by atoms with Crippen LogP contribution in [-0.2, 0) is 0 Å². The molecule has 0 spiro atoms. The Labute approximate surface area is 215 Å². The molecule has 3 heteroatoms. The minimum Gasteiger partial charge on any atom is -0.449 e. The van der Waals surface area contributed by atoms with E-state index < -0.39 is 0 Å². The van der Waals surface area contributed by atoms with Crippen LogP contribution in [0.25, 0.3) is 21.9 Å². The predicted molar refractivity (Wildman–Crippen MR) is 151 cm³/mol. The lowest BCUT2D eigenvalue weighted by molar-refractivity contribution is 0.361. The van der Waals surface area contributed by atoms with Gasteiger partial charge in [0.05, 0.1) is 5.69 Å². The summed E-state index contributed by atoms with van der Waals surface area (Å²) in [5.74, 6) is 2.92. The lowest BCUT2D eigenvalue weighted by Gasteiger charge is -2.27. The predicted octanol–water partition coefficient (Wildman–Crippen LogP) is 9.87. The fourth-order valence-electron chi connectivity index (χ4n) is 4.97. The molecule has 0 radical (unpaired) electrons. The Morgan fingerprint density at radius 3 is 1.89 bits per heavy atom. The summed E-state index contributed by atoms with van der Waals surface area (Å²) in [5, 5.41) is 2.42. The maximum atomic E-state index is 6.29. The molecular weight excluding hydrogens is 454 g/mol. The van der Waals surface area contributed by atoms with Crippen LogP contribution in [0.5, 0.6) is 23.0 Å². The van der Waals surface area contributed by atoms with Gasteiger partial charge in [0.15, 0.2) is 23.0 Å². The standard InChI is InChI=1S/C34H23NO2/c1-2-12-26(13-3-1)35(30-16-8-11-24-10-4-5-14-28(24)30)27-22-20-25(21-23-27)29-15-9-19-33-34(29)37-32-18-7-6-17-31(32)36-33/h1-23H. The molecule has 1 aliphatic rings. The monoisotopic (exact) mass is 477 g/mol. The van der Waals surface area contributed by atoms with Crippen LogP contribution in [0.3, 0.4) is 0 Å². The summed E-state index contributed by atoms with van der Waals surface area (Å²) in [5.41, 5.74) is 5.39. The number of hydrogen-bond acceptors (Lipinski definition) is 3. The van der Waals surface area contributed by atoms with Crippen LogP contribution in [0.2, 0.25) is 0 Å². The summed E-state index contributed by atoms with van der Waals surface area (Å²) in [6.45, 7) is 0. The first-order valence-electron chi connectivity index (χ1n) is 12.4. The molecule has 1 aliphatic heterocycles. The SMILES string of the molecule is c1ccc(N(c2ccc(-c3cccc4c3Oc3ccccc3O4)cc2)c2cccc3ccccc23)cc1. The summed E-state index contributed by atoms with van der Waals surface area (Å²) in [4.78, 5) is 2.31. The Hall–Kier alpha value is -5.02. The van der Waals surface area contributed by atoms with Gasteiger partial charge in [0.25, 0.3) is 0 Å². The van der Waals surface area contributed by atoms with Crippen LogP contribution >= 0.6 is 0 Å². The number of para-hydroxylation sites is 4. The van der Waals surface area contributed by atoms with E-state index in [1.165, 1.54) is 10.8 Å². The number of rotatable bonds is 4. The van der Waals surface area contributed by atoms with Crippen molar-refractivity contribution in [2.24, 2.45) is 0 Å². The number of benzene rings is 6. The van der Waals surface area contributed by atoms with Crippen LogP contribution in [0, 0.1) is 0 Å². The second-order valence-corrected chi connectivity index (χ2v) is 9.00. The lowest BCUT2D eigenvalue weighted by Crippen LogP contribution is -2.10. The Bertz CT molecular complexity index is 1720. The molecule has 7 rings (SSSR count). The van der Waals surface area contributed by atoms with Crippen LogP contribution in [0.4, 0.5) is 17.1 Å². The van der Waals surface area contributed by atoms with Crippen LogP contribution in [0.1, 0.15) is 0 Å². The van der Waals surface area contributed by atoms with Crippen molar-refractivity contribution in [2.75, 3.05) is 4.90 Å². The van der Waals surface area contributed by atoms with Crippen molar-refractivity contribution in [3.8, 4) is 34.1 Å². The number of ether oxygens (including phenoxy) is 2. The van der Waals surface area contributed by atoms with Gasteiger partial charge in [-0.15, -0.1) is 0 Å². The molecule has 0 N–H and O–H groups in total. The van der Waals surface area contributed by atoms with E-state index in [-0.39, 0.29) is 0 Å². The van der Waals surface area contributed by atoms with E-state index in [1.807, 2.05) is 42.5 Å². The van der Waals surface area contributed by atoms with Crippen molar-refractivity contribution in [3.63, 3.8) is 0 Å². The van der Waals surface area contributed by atoms with E-state index >= 15 is 0 Å². The second-order valence-electron chi connectivity index (χ2n) is 9.00. The van der Waals surface area contributed by atoms with Crippen molar-refractivity contribution in [1.82, 2.24) is 0 Å². The molecule has 37 heavy (non-hydrogen) atoms. The topological polar surface area (TPSA) is 21.7 Å². The molecule has 0 aromatic heterocycles. The molecule has 0 fully saturated rings. The van der Waals surface area contributed by atoms with Gasteiger partial charge < -0.3 is 14.4 Å². The summed E-state index contributed by atoms with van der Waals surface area (Å²) in [6.07, 6.45) is 0. The third-order valence-electron chi connectivity index (χ3n) is 6.72. The average Bonchev–Trinajstić information content (AvgIpc) is 2.97. The van der Waals surface area contributed by atoms with Gasteiger partial charge in [0.2, 0.25) is 0 Å². The first kappa shape index (κ1) is 21.3. The molecule has 3 nitrogen and oxygen atoms in total. The maximum absolute atomic E-state index is 6.29. The molecule has 0 unspecified atom stereocenters. The molecule has 6 aromatic carbocycles. The highest BCUT2D eigenvalue weighted by atomic mass is 16.6. The molecule has 0 amide bonds. The van der Waals surface area contributed by atoms with Crippen molar-refractivity contribution >= 4 is 27.8 Å². The van der Waals surface area contributed by atoms with Crippen molar-refractivity contribution in [1.29, 1.82) is 0 Å². The minimum absolute atomic E-state index is 0.724. The average molecular weight is 478 g/mol. The van der Waals surface area contributed by atoms with Crippen LogP contribution in [-0.4, -0.2) is 0 Å². The summed E-state index contributed by atoms with van der Waals surface area (Å²) in [7, 11) is 0. The van der Waals surface area contributed by atoms with Crippen LogP contribution < -0.4 is 14.4 Å². The zero-order valence-corrected chi connectivity index (χ0v) is 20.0. The number of fused-ring (bicyclic) bond motifs is 3. The largest absolute Gasteiger partial charge is 0.449 e. The lowest BCUT2D eigenvalue weighted by atomic mass is 10.0. The highest BCUT2D eigenvalue weighted by Gasteiger charge is 2.22. The third-order valence-corrected chi connectivity index (χ3v) is 6.72. The Morgan fingerprint density at radius 1 is 0.432 bits per heavy atom. The quantitative estimate of drug-likeness (QED) is 0.252. The normalized spacial score (nSPS) is 11.7. The van der Waals surface area contributed by atoms with Gasteiger partial charge in [-0.2, -0.15) is 0 Å². The highest BCUT2D eigenvalue weighted by Crippen LogP contribution is 2.49. The van der Waals surface area contributed by atoms with E-state index in [9.17, 15) is 0 Å². The third kappa shape index (κ3) is 3.78. The molecule has 0 saturated carbocycles. The maximum Gasteiger partial charge on any atom is 0.177 e. The van der Waals surface area contributed by atoms with Gasteiger partial charge >= 0.3 is 0 Å². The van der Waals surface area contributed by atoms with E-state index in [1.54, 1.807) is 0 Å². The van der Waals surface area contributed by atoms with Gasteiger partial charge in [0, 0.05) is 22.3 Å². The molecule has 1 heterocycles. The molecular formula is C34H23NO2. The van der Waals surface area contributed by atoms with Gasteiger partial charge in [0.1, 0.15) is 0 Å². The van der Waals surface area contributed by atoms with Crippen molar-refractivity contribution in [2.45, 2.75) is 0 Å². The number of hydrogen-bond donors (Lipinski definition) is 0. The molecule has 6 aromatic rings. The van der Waals surface area contributed by atoms with Gasteiger partial charge in [-0.05, 0) is 59.5 Å². The summed E-state index contributed by atoms with van der Waals surface area (Å²) in [6, 6.07) is 47.9. The van der Waals surface area contributed by atoms with Gasteiger partial charge in [-0.1, -0.05) is 91.0 Å². The summed E-state index contributed by atoms with van der Waals surface area (Å²) >= 11 is 0. The minimum atomic E-state index is 0.724. The highest BCUT2D eigenvalue weighted by molar-refractivity contribution is 5.99. The zero-order valence-electron chi connectivity index (χ0n) is 20.0. The van der Waals surface area contributed by atoms with Crippen LogP contribution in [0.15, 0.2) is 140 Å². The Kier molecular flexibility index (Phi) is 5.11. The first-order valence-corrected chi connectivity index (χ1v) is 12.4. The van der Waals surface area contributed by atoms with E-state index in [0.29, 0.717) is 0 Å². The molecule has 0 saturated heterocycles. The van der Waals surface area contributed by atoms with E-state index in [4.69, 9.17) is 9.47 Å². The number of nitrogens with zero attached hydrogens (tertiary/aromatic N) is 1. The zero-order chi connectivity index (χ0) is 24.6. The molecule has 0 aliphatic carbocycles. The van der Waals surface area contributed by atoms with Crippen molar-refractivity contribution < 1.29 is 9.47 Å². The molecule has 176 valence electrons. The fraction of sp³-hybridized carbons (Fsp3) is 0. The second kappa shape index (κ2) is 8.89. The fourth-order valence-corrected chi connectivity index (χ4v) is 4.97. The Balaban J connectivity index is 1.32. The van der Waals surface area contributed by atoms with E-state index in [2.05, 4.69) is 102 Å². The van der Waals surface area contributed by atoms with Gasteiger partial charge in [-0.3, -0.25) is 0 Å². The Morgan fingerprint density at radius 2 is 1.05 bits per heavy atom. The first-order chi connectivity index (χ1) is 18.3. The molecule has 0 atom stereocenters. The van der Waals surface area contributed by atoms with E-state index in [0.717, 1.165) is 51.2 Å². The van der Waals surface area contributed by atoms with Crippen molar-refractivity contribution in [3.05, 3.63) is 140 Å². The smallest absolute Gasteiger partial charge is 0.177 e. The number of anilines is 3. The van der Waals surface area contributed by atoms with Gasteiger partial charge in [-0.25, -0.2) is 0 Å².